The van der Waals surface area contributed by atoms with Crippen molar-refractivity contribution in [3.63, 3.8) is 0 Å². The van der Waals surface area contributed by atoms with E-state index >= 15 is 0 Å². The third-order valence-corrected chi connectivity index (χ3v) is 8.46. The maximum absolute atomic E-state index is 2.47. The molecule has 2 nitrogen and oxygen atoms in total. The smallest absolute Gasteiger partial charge is 0.0511 e. The Kier molecular flexibility index (Phi) is 5.63. The van der Waals surface area contributed by atoms with Gasteiger partial charge in [-0.3, -0.25) is 9.80 Å². The third kappa shape index (κ3) is 3.53. The molecule has 1 aliphatic heterocycles. The predicted octanol–water partition coefficient (Wildman–Crippen LogP) is 4.48. The molecule has 0 saturated heterocycles. The van der Waals surface area contributed by atoms with E-state index in [0.717, 1.165) is 6.67 Å². The van der Waals surface area contributed by atoms with Crippen LogP contribution in [-0.2, 0) is 0 Å². The van der Waals surface area contributed by atoms with Crippen LogP contribution in [-0.4, -0.2) is 36.2 Å². The van der Waals surface area contributed by atoms with Crippen LogP contribution in [0.25, 0.3) is 0 Å². The van der Waals surface area contributed by atoms with Crippen LogP contribution in [0.4, 0.5) is 0 Å². The zero-order valence-electron chi connectivity index (χ0n) is 16.4. The van der Waals surface area contributed by atoms with Crippen molar-refractivity contribution in [2.24, 2.45) is 0 Å². The molecule has 2 aromatic carbocycles. The molecule has 0 aromatic heterocycles. The molecule has 0 aliphatic carbocycles. The van der Waals surface area contributed by atoms with Crippen molar-refractivity contribution in [3.05, 3.63) is 59.7 Å². The van der Waals surface area contributed by atoms with E-state index < -0.39 is 0 Å². The van der Waals surface area contributed by atoms with Crippen LogP contribution in [0.1, 0.15) is 50.9 Å². The zero-order chi connectivity index (χ0) is 18.1. The molecule has 0 radical (unpaired) electrons. The first kappa shape index (κ1) is 18.6. The van der Waals surface area contributed by atoms with E-state index in [2.05, 4.69) is 100 Å². The molecule has 0 spiro atoms. The number of rotatable bonds is 1. The van der Waals surface area contributed by atoms with Crippen LogP contribution in [0.15, 0.2) is 48.5 Å². The summed E-state index contributed by atoms with van der Waals surface area (Å²) in [5, 5.41) is 3.10. The van der Waals surface area contributed by atoms with Crippen LogP contribution in [0.2, 0.25) is 0 Å². The minimum absolute atomic E-state index is 0.380. The summed E-state index contributed by atoms with van der Waals surface area (Å²) in [7, 11) is 4.11. The van der Waals surface area contributed by atoms with Gasteiger partial charge in [-0.2, -0.15) is 0 Å². The Morgan fingerprint density at radius 1 is 0.800 bits per heavy atom. The van der Waals surface area contributed by atoms with Crippen molar-refractivity contribution in [3.8, 4) is 0 Å². The molecule has 1 aliphatic rings. The standard InChI is InChI=1S/C22H31N2P/c1-16(2)25-21-13-9-7-11-19(21)17(3)23(5)15-24(6)18(4)20-12-8-10-14-22(20)25/h7-14,16-18H,15H2,1-6H3/t17-,18-/m0/s1. The predicted molar refractivity (Wildman–Crippen MR) is 111 cm³/mol. The van der Waals surface area contributed by atoms with E-state index in [9.17, 15) is 0 Å². The molecule has 2 atom stereocenters. The van der Waals surface area contributed by atoms with Crippen LogP contribution in [0, 0.1) is 0 Å². The van der Waals surface area contributed by atoms with E-state index in [1.807, 2.05) is 0 Å². The van der Waals surface area contributed by atoms with Gasteiger partial charge in [-0.15, -0.1) is 0 Å². The number of hydrogen-bond donors (Lipinski definition) is 0. The van der Waals surface area contributed by atoms with Gasteiger partial charge in [0.2, 0.25) is 0 Å². The van der Waals surface area contributed by atoms with E-state index in [0.29, 0.717) is 17.7 Å². The van der Waals surface area contributed by atoms with Gasteiger partial charge in [0, 0.05) is 12.1 Å². The van der Waals surface area contributed by atoms with Crippen molar-refractivity contribution in [2.45, 2.75) is 45.4 Å². The molecule has 0 amide bonds. The monoisotopic (exact) mass is 354 g/mol. The summed E-state index contributed by atoms with van der Waals surface area (Å²) in [5.74, 6) is 0. The average Bonchev–Trinajstić information content (AvgIpc) is 2.60. The van der Waals surface area contributed by atoms with Gasteiger partial charge in [-0.25, -0.2) is 0 Å². The fraction of sp³-hybridized carbons (Fsp3) is 0.455. The van der Waals surface area contributed by atoms with E-state index in [4.69, 9.17) is 0 Å². The van der Waals surface area contributed by atoms with Gasteiger partial charge >= 0.3 is 0 Å². The molecule has 0 bridgehead atoms. The highest BCUT2D eigenvalue weighted by atomic mass is 31.1. The highest BCUT2D eigenvalue weighted by Crippen LogP contribution is 2.44. The molecule has 3 heteroatoms. The summed E-state index contributed by atoms with van der Waals surface area (Å²) >= 11 is 0. The van der Waals surface area contributed by atoms with Crippen LogP contribution >= 0.6 is 7.92 Å². The maximum atomic E-state index is 2.47. The van der Waals surface area contributed by atoms with Crippen molar-refractivity contribution in [1.82, 2.24) is 9.80 Å². The van der Waals surface area contributed by atoms with Gasteiger partial charge < -0.3 is 0 Å². The Balaban J connectivity index is 2.27. The van der Waals surface area contributed by atoms with Gasteiger partial charge in [0.05, 0.1) is 6.67 Å². The molecular weight excluding hydrogens is 323 g/mol. The van der Waals surface area contributed by atoms with Crippen molar-refractivity contribution in [2.75, 3.05) is 20.8 Å². The minimum Gasteiger partial charge on any atom is -0.287 e. The molecule has 0 saturated carbocycles. The summed E-state index contributed by atoms with van der Waals surface area (Å²) in [4.78, 5) is 4.94. The lowest BCUT2D eigenvalue weighted by atomic mass is 10.1. The first-order valence-electron chi connectivity index (χ1n) is 9.29. The fourth-order valence-corrected chi connectivity index (χ4v) is 6.82. The van der Waals surface area contributed by atoms with Crippen molar-refractivity contribution < 1.29 is 0 Å². The van der Waals surface area contributed by atoms with Gasteiger partial charge in [0.25, 0.3) is 0 Å². The van der Waals surface area contributed by atoms with Crippen LogP contribution in [0.5, 0.6) is 0 Å². The maximum Gasteiger partial charge on any atom is 0.0511 e. The second-order valence-corrected chi connectivity index (χ2v) is 10.3. The number of hydrogen-bond acceptors (Lipinski definition) is 2. The molecular formula is C22H31N2P. The second-order valence-electron chi connectivity index (χ2n) is 7.59. The average molecular weight is 354 g/mol. The number of benzene rings is 2. The molecule has 1 heterocycles. The van der Waals surface area contributed by atoms with Gasteiger partial charge in [-0.1, -0.05) is 62.4 Å². The van der Waals surface area contributed by atoms with Crippen molar-refractivity contribution >= 4 is 18.5 Å². The molecule has 25 heavy (non-hydrogen) atoms. The molecule has 2 aromatic rings. The van der Waals surface area contributed by atoms with E-state index in [1.165, 1.54) is 11.1 Å². The molecule has 134 valence electrons. The summed E-state index contributed by atoms with van der Waals surface area (Å²) < 4.78 is 0. The lowest BCUT2D eigenvalue weighted by Gasteiger charge is -2.39. The summed E-state index contributed by atoms with van der Waals surface area (Å²) in [6.45, 7) is 10.4. The van der Waals surface area contributed by atoms with Crippen LogP contribution < -0.4 is 10.6 Å². The largest absolute Gasteiger partial charge is 0.287 e. The Labute approximate surface area is 154 Å². The first-order chi connectivity index (χ1) is 11.9. The van der Waals surface area contributed by atoms with E-state index in [-0.39, 0.29) is 7.92 Å². The fourth-order valence-electron chi connectivity index (χ4n) is 3.88. The highest BCUT2D eigenvalue weighted by molar-refractivity contribution is 7.73. The summed E-state index contributed by atoms with van der Waals surface area (Å²) in [6, 6.07) is 19.1. The topological polar surface area (TPSA) is 6.48 Å². The van der Waals surface area contributed by atoms with Gasteiger partial charge in [0.1, 0.15) is 0 Å². The van der Waals surface area contributed by atoms with Crippen molar-refractivity contribution in [1.29, 1.82) is 0 Å². The first-order valence-corrected chi connectivity index (χ1v) is 10.7. The molecule has 0 unspecified atom stereocenters. The summed E-state index contributed by atoms with van der Waals surface area (Å²) in [5.41, 5.74) is 3.59. The quantitative estimate of drug-likeness (QED) is 0.697. The Morgan fingerprint density at radius 2 is 1.20 bits per heavy atom. The Bertz CT molecular complexity index is 670. The lowest BCUT2D eigenvalue weighted by molar-refractivity contribution is 0.118. The molecule has 0 fully saturated rings. The van der Waals surface area contributed by atoms with Gasteiger partial charge in [-0.05, 0) is 63.3 Å². The zero-order valence-corrected chi connectivity index (χ0v) is 17.3. The highest BCUT2D eigenvalue weighted by Gasteiger charge is 2.29. The minimum atomic E-state index is -0.380. The van der Waals surface area contributed by atoms with E-state index in [1.54, 1.807) is 10.6 Å². The SMILES string of the molecule is CC(C)P1c2ccccc2[C@H](C)N(C)CN(C)[C@@H](C)c2ccccc21. The lowest BCUT2D eigenvalue weighted by Crippen LogP contribution is -2.40. The third-order valence-electron chi connectivity index (χ3n) is 5.58. The Morgan fingerprint density at radius 3 is 1.60 bits per heavy atom. The number of nitrogens with zero attached hydrogens (tertiary/aromatic N) is 2. The summed E-state index contributed by atoms with van der Waals surface area (Å²) in [6.07, 6.45) is 0. The normalized spacial score (nSPS) is 23.3. The second kappa shape index (κ2) is 7.58. The Hall–Kier alpha value is -1.21. The number of fused-ring (bicyclic) bond motifs is 2. The molecule has 3 rings (SSSR count). The van der Waals surface area contributed by atoms with Crippen LogP contribution in [0.3, 0.4) is 0 Å². The molecule has 0 N–H and O–H groups in total. The van der Waals surface area contributed by atoms with Gasteiger partial charge in [0.15, 0.2) is 0 Å².